The van der Waals surface area contributed by atoms with Crippen LogP contribution in [-0.4, -0.2) is 57.2 Å². The van der Waals surface area contributed by atoms with Crippen molar-refractivity contribution >= 4 is 17.8 Å². The lowest BCUT2D eigenvalue weighted by Gasteiger charge is -2.19. The fourth-order valence-electron chi connectivity index (χ4n) is 6.10. The number of carboxylic acid groups (broad SMARTS) is 1. The number of hydrogen-bond donors (Lipinski definition) is 2. The molecule has 1 aliphatic heterocycles. The third-order valence-corrected chi connectivity index (χ3v) is 9.37. The van der Waals surface area contributed by atoms with Crippen molar-refractivity contribution < 1.29 is 19.2 Å². The van der Waals surface area contributed by atoms with E-state index in [2.05, 4.69) is 90.9 Å². The molecule has 0 radical (unpaired) electrons. The first kappa shape index (κ1) is 38.6. The number of aliphatic carboxylic acids is 1. The lowest BCUT2D eigenvalue weighted by Crippen LogP contribution is -2.25. The molecule has 5 aromatic rings. The Bertz CT molecular complexity index is 1990. The van der Waals surface area contributed by atoms with Gasteiger partial charge in [0.15, 0.2) is 6.61 Å². The standard InChI is InChI=1S/C30H33N5O4.C12H18N2/c1-19-13-14-31-29(32-19)35-16-22(25(17-35)28(36)37)15-20-5-11-24(12-6-20)38-18-26-33-27(34-39-26)21-7-9-23(10-8-21)30(2,3)4;1-12(2,3)10-7-5-9(6-8-10)11(13)14-4/h5-14,22,25H,15-18H2,1-4H3,(H,36,37);5-8H,1-4H3,(H2,13,14)/t22-,25+;/m1./s1. The van der Waals surface area contributed by atoms with Crippen LogP contribution in [0.4, 0.5) is 5.95 Å². The fraction of sp³-hybridized carbons (Fsp3) is 0.381. The smallest absolute Gasteiger partial charge is 0.308 e. The number of amidine groups is 1. The molecule has 3 aromatic carbocycles. The molecule has 2 atom stereocenters. The van der Waals surface area contributed by atoms with E-state index in [1.54, 1.807) is 13.2 Å². The van der Waals surface area contributed by atoms with Gasteiger partial charge in [-0.2, -0.15) is 4.98 Å². The van der Waals surface area contributed by atoms with Crippen LogP contribution in [-0.2, 0) is 28.7 Å². The Balaban J connectivity index is 0.000000326. The minimum absolute atomic E-state index is 0.0485. The van der Waals surface area contributed by atoms with E-state index in [0.29, 0.717) is 48.8 Å². The normalized spacial score (nSPS) is 16.2. The molecule has 0 spiro atoms. The zero-order chi connectivity index (χ0) is 38.3. The van der Waals surface area contributed by atoms with Crippen molar-refractivity contribution in [1.82, 2.24) is 20.1 Å². The van der Waals surface area contributed by atoms with Gasteiger partial charge in [0.25, 0.3) is 5.89 Å². The van der Waals surface area contributed by atoms with E-state index in [9.17, 15) is 9.90 Å². The van der Waals surface area contributed by atoms with Crippen molar-refractivity contribution in [2.45, 2.75) is 72.3 Å². The van der Waals surface area contributed by atoms with Gasteiger partial charge >= 0.3 is 5.97 Å². The molecule has 6 rings (SSSR count). The van der Waals surface area contributed by atoms with E-state index in [0.717, 1.165) is 22.4 Å². The molecule has 0 amide bonds. The van der Waals surface area contributed by atoms with Gasteiger partial charge in [0, 0.05) is 43.2 Å². The van der Waals surface area contributed by atoms with Crippen molar-refractivity contribution in [2.24, 2.45) is 22.6 Å². The zero-order valence-electron chi connectivity index (χ0n) is 32.0. The van der Waals surface area contributed by atoms with E-state index in [4.69, 9.17) is 15.0 Å². The van der Waals surface area contributed by atoms with Crippen LogP contribution in [0.5, 0.6) is 5.75 Å². The number of carbonyl (C=O) groups is 1. The Morgan fingerprint density at radius 3 is 2.09 bits per heavy atom. The van der Waals surface area contributed by atoms with Crippen LogP contribution < -0.4 is 15.4 Å². The predicted octanol–water partition coefficient (Wildman–Crippen LogP) is 7.41. The molecular formula is C42H51N7O4. The molecule has 0 saturated carbocycles. The first-order chi connectivity index (χ1) is 25.1. The second-order valence-corrected chi connectivity index (χ2v) is 15.5. The second kappa shape index (κ2) is 16.4. The Kier molecular flexibility index (Phi) is 12.0. The molecule has 0 bridgehead atoms. The van der Waals surface area contributed by atoms with Crippen LogP contribution in [0.15, 0.2) is 94.6 Å². The minimum Gasteiger partial charge on any atom is -0.484 e. The summed E-state index contributed by atoms with van der Waals surface area (Å²) < 4.78 is 11.2. The van der Waals surface area contributed by atoms with Crippen molar-refractivity contribution in [3.8, 4) is 17.1 Å². The Morgan fingerprint density at radius 1 is 0.906 bits per heavy atom. The number of nitrogens with zero attached hydrogens (tertiary/aromatic N) is 6. The first-order valence-corrected chi connectivity index (χ1v) is 17.9. The molecule has 2 aromatic heterocycles. The molecule has 11 nitrogen and oxygen atoms in total. The Hall–Kier alpha value is -5.58. The number of carboxylic acids is 1. The van der Waals surface area contributed by atoms with Crippen LogP contribution in [0.3, 0.4) is 0 Å². The van der Waals surface area contributed by atoms with E-state index < -0.39 is 11.9 Å². The van der Waals surface area contributed by atoms with E-state index in [1.165, 1.54) is 11.1 Å². The van der Waals surface area contributed by atoms with Gasteiger partial charge in [-0.3, -0.25) is 9.79 Å². The fourth-order valence-corrected chi connectivity index (χ4v) is 6.10. The van der Waals surface area contributed by atoms with Crippen LogP contribution in [0.2, 0.25) is 0 Å². The quantitative estimate of drug-likeness (QED) is 0.116. The van der Waals surface area contributed by atoms with Crippen LogP contribution in [0, 0.1) is 18.8 Å². The molecule has 1 saturated heterocycles. The van der Waals surface area contributed by atoms with Gasteiger partial charge in [0.05, 0.1) is 5.92 Å². The molecule has 1 aliphatic rings. The Labute approximate surface area is 312 Å². The van der Waals surface area contributed by atoms with Gasteiger partial charge in [-0.05, 0) is 65.0 Å². The van der Waals surface area contributed by atoms with Crippen molar-refractivity contribution in [3.63, 3.8) is 0 Å². The van der Waals surface area contributed by atoms with Gasteiger partial charge < -0.3 is 25.0 Å². The highest BCUT2D eigenvalue weighted by atomic mass is 16.5. The van der Waals surface area contributed by atoms with E-state index in [-0.39, 0.29) is 23.4 Å². The molecule has 3 heterocycles. The molecule has 11 heteroatoms. The van der Waals surface area contributed by atoms with Gasteiger partial charge in [-0.1, -0.05) is 107 Å². The molecule has 0 unspecified atom stereocenters. The molecule has 0 aliphatic carbocycles. The summed E-state index contributed by atoms with van der Waals surface area (Å²) in [5.41, 5.74) is 12.3. The van der Waals surface area contributed by atoms with Crippen molar-refractivity contribution in [3.05, 3.63) is 119 Å². The molecular weight excluding hydrogens is 667 g/mol. The van der Waals surface area contributed by atoms with Gasteiger partial charge in [0.1, 0.15) is 11.6 Å². The molecule has 3 N–H and O–H groups in total. The SMILES string of the molecule is CN=C(N)c1ccc(C(C)(C)C)cc1.Cc1ccnc(N2C[C@@H](Cc3ccc(OCc4nc(-c5ccc(C(C)(C)C)cc5)no4)cc3)[C@@H](C(=O)O)C2)n1. The number of anilines is 1. The Morgan fingerprint density at radius 2 is 1.53 bits per heavy atom. The zero-order valence-corrected chi connectivity index (χ0v) is 32.0. The number of nitrogens with two attached hydrogens (primary N) is 1. The third-order valence-electron chi connectivity index (χ3n) is 9.37. The average Bonchev–Trinajstić information content (AvgIpc) is 3.79. The molecule has 53 heavy (non-hydrogen) atoms. The highest BCUT2D eigenvalue weighted by Crippen LogP contribution is 2.30. The minimum atomic E-state index is -0.792. The number of ether oxygens (including phenoxy) is 1. The number of benzene rings is 3. The lowest BCUT2D eigenvalue weighted by molar-refractivity contribution is -0.142. The van der Waals surface area contributed by atoms with Gasteiger partial charge in [-0.25, -0.2) is 9.97 Å². The summed E-state index contributed by atoms with van der Waals surface area (Å²) in [6.45, 7) is 16.2. The van der Waals surface area contributed by atoms with Crippen LogP contribution in [0.1, 0.15) is 75.4 Å². The number of aryl methyl sites for hydroxylation is 1. The first-order valence-electron chi connectivity index (χ1n) is 17.9. The largest absolute Gasteiger partial charge is 0.484 e. The van der Waals surface area contributed by atoms with Gasteiger partial charge in [0.2, 0.25) is 11.8 Å². The number of aromatic nitrogens is 4. The van der Waals surface area contributed by atoms with E-state index in [1.807, 2.05) is 66.4 Å². The van der Waals surface area contributed by atoms with Gasteiger partial charge in [-0.15, -0.1) is 0 Å². The molecule has 1 fully saturated rings. The van der Waals surface area contributed by atoms with Crippen molar-refractivity contribution in [2.75, 3.05) is 25.0 Å². The number of hydrogen-bond acceptors (Lipinski definition) is 9. The summed E-state index contributed by atoms with van der Waals surface area (Å²) in [5.74, 6) is 1.43. The maximum atomic E-state index is 12.0. The van der Waals surface area contributed by atoms with Crippen LogP contribution >= 0.6 is 0 Å². The third kappa shape index (κ3) is 10.3. The number of aliphatic imine (C=N–C) groups is 1. The van der Waals surface area contributed by atoms with Crippen molar-refractivity contribution in [1.29, 1.82) is 0 Å². The lowest BCUT2D eigenvalue weighted by atomic mass is 9.86. The summed E-state index contributed by atoms with van der Waals surface area (Å²) in [4.78, 5) is 31.1. The summed E-state index contributed by atoms with van der Waals surface area (Å²) in [7, 11) is 1.70. The summed E-state index contributed by atoms with van der Waals surface area (Å²) >= 11 is 0. The predicted molar refractivity (Wildman–Crippen MR) is 208 cm³/mol. The average molecular weight is 718 g/mol. The van der Waals surface area contributed by atoms with Crippen LogP contribution in [0.25, 0.3) is 11.4 Å². The highest BCUT2D eigenvalue weighted by molar-refractivity contribution is 5.97. The monoisotopic (exact) mass is 717 g/mol. The summed E-state index contributed by atoms with van der Waals surface area (Å²) in [6.07, 6.45) is 2.35. The van der Waals surface area contributed by atoms with E-state index >= 15 is 0 Å². The molecule has 278 valence electrons. The summed E-state index contributed by atoms with van der Waals surface area (Å²) in [6, 6.07) is 25.9. The maximum Gasteiger partial charge on any atom is 0.308 e. The highest BCUT2D eigenvalue weighted by Gasteiger charge is 2.38. The topological polar surface area (TPSA) is 153 Å². The maximum absolute atomic E-state index is 12.0. The number of rotatable bonds is 9. The second-order valence-electron chi connectivity index (χ2n) is 15.5. The summed E-state index contributed by atoms with van der Waals surface area (Å²) in [5, 5.41) is 13.9.